The molecular weight excluding hydrogens is 480 g/mol. The third-order valence-corrected chi connectivity index (χ3v) is 7.76. The summed E-state index contributed by atoms with van der Waals surface area (Å²) in [7, 11) is 2.96. The number of piperidine rings is 1. The number of likely N-dealkylation sites (N-methyl/N-ethyl adjacent to an activating group) is 1. The molecule has 4 rings (SSSR count). The third kappa shape index (κ3) is 4.90. The van der Waals surface area contributed by atoms with Crippen molar-refractivity contribution in [2.75, 3.05) is 56.3 Å². The van der Waals surface area contributed by atoms with Crippen LogP contribution in [0.15, 0.2) is 28.4 Å². The van der Waals surface area contributed by atoms with E-state index in [1.165, 1.54) is 32.1 Å². The fourth-order valence-electron chi connectivity index (χ4n) is 4.04. The molecule has 13 heteroatoms. The van der Waals surface area contributed by atoms with Crippen LogP contribution in [0, 0.1) is 5.41 Å². The lowest BCUT2D eigenvalue weighted by molar-refractivity contribution is -0.141. The summed E-state index contributed by atoms with van der Waals surface area (Å²) in [5.41, 5.74) is 12.5. The number of anilines is 3. The lowest BCUT2D eigenvalue weighted by Gasteiger charge is -2.41. The molecule has 1 unspecified atom stereocenters. The van der Waals surface area contributed by atoms with E-state index < -0.39 is 11.8 Å². The maximum Gasteiger partial charge on any atom is 0.315 e. The topological polar surface area (TPSA) is 153 Å². The summed E-state index contributed by atoms with van der Waals surface area (Å²) in [5.74, 6) is -0.497. The van der Waals surface area contributed by atoms with E-state index in [9.17, 15) is 9.59 Å². The average molecular weight is 507 g/mol. The van der Waals surface area contributed by atoms with E-state index in [2.05, 4.69) is 25.2 Å². The lowest BCUT2D eigenvalue weighted by atomic mass is 9.75. The first-order chi connectivity index (χ1) is 16.2. The van der Waals surface area contributed by atoms with Crippen molar-refractivity contribution < 1.29 is 14.3 Å². The van der Waals surface area contributed by atoms with E-state index >= 15 is 0 Å². The summed E-state index contributed by atoms with van der Waals surface area (Å²) in [6, 6.07) is 1.74. The Morgan fingerprint density at radius 3 is 2.68 bits per heavy atom. The molecule has 34 heavy (non-hydrogen) atoms. The van der Waals surface area contributed by atoms with Crippen LogP contribution in [-0.4, -0.2) is 78.1 Å². The van der Waals surface area contributed by atoms with Crippen LogP contribution in [0.25, 0.3) is 0 Å². The van der Waals surface area contributed by atoms with Gasteiger partial charge in [0.2, 0.25) is 0 Å². The van der Waals surface area contributed by atoms with Crippen LogP contribution in [0.2, 0.25) is 5.02 Å². The number of aromatic nitrogens is 3. The summed E-state index contributed by atoms with van der Waals surface area (Å²) in [4.78, 5) is 40.8. The van der Waals surface area contributed by atoms with Gasteiger partial charge in [-0.3, -0.25) is 9.59 Å². The van der Waals surface area contributed by atoms with Crippen molar-refractivity contribution in [2.45, 2.75) is 28.8 Å². The highest BCUT2D eigenvalue weighted by molar-refractivity contribution is 7.99. The van der Waals surface area contributed by atoms with Gasteiger partial charge in [0.15, 0.2) is 11.6 Å². The molecule has 4 heterocycles. The van der Waals surface area contributed by atoms with Gasteiger partial charge in [-0.05, 0) is 18.9 Å². The fourth-order valence-corrected chi connectivity index (χ4v) is 5.10. The standard InChI is InChI=1S/C21H27ClN8O3S/c1-29(2)20(32)18(31)28-17-15(22)12(3-6-25-17)34-19-16(24)27-14(9-26-19)30-7-4-21(5-8-30)11-33-10-13(21)23/h3,6,9,13H,4-5,7-8,10-11,23H2,1-2H3,(H2,24,27)(H,25,28,31). The summed E-state index contributed by atoms with van der Waals surface area (Å²) in [6.07, 6.45) is 5.03. The number of halogens is 1. The maximum atomic E-state index is 12.0. The molecule has 2 aromatic heterocycles. The average Bonchev–Trinajstić information content (AvgIpc) is 3.16. The van der Waals surface area contributed by atoms with Crippen LogP contribution in [0.1, 0.15) is 12.8 Å². The Morgan fingerprint density at radius 2 is 2.06 bits per heavy atom. The zero-order valence-corrected chi connectivity index (χ0v) is 20.5. The maximum absolute atomic E-state index is 12.0. The van der Waals surface area contributed by atoms with E-state index in [0.29, 0.717) is 29.0 Å². The summed E-state index contributed by atoms with van der Waals surface area (Å²) >= 11 is 7.62. The molecule has 0 radical (unpaired) electrons. The van der Waals surface area contributed by atoms with Gasteiger partial charge in [0, 0.05) is 49.7 Å². The van der Waals surface area contributed by atoms with Crippen LogP contribution >= 0.6 is 23.4 Å². The van der Waals surface area contributed by atoms with Crippen LogP contribution in [0.5, 0.6) is 0 Å². The number of nitrogens with one attached hydrogen (secondary N) is 1. The van der Waals surface area contributed by atoms with Crippen molar-refractivity contribution in [3.63, 3.8) is 0 Å². The van der Waals surface area contributed by atoms with E-state index in [1.807, 2.05) is 0 Å². The van der Waals surface area contributed by atoms with Crippen LogP contribution in [0.4, 0.5) is 17.5 Å². The SMILES string of the molecule is CN(C)C(=O)C(=O)Nc1nccc(Sc2ncc(N3CCC4(CC3)COCC4N)nc2N)c1Cl. The number of amides is 2. The summed E-state index contributed by atoms with van der Waals surface area (Å²) in [5, 5.41) is 3.08. The molecule has 11 nitrogen and oxygen atoms in total. The predicted molar refractivity (Wildman–Crippen MR) is 130 cm³/mol. The minimum atomic E-state index is -0.835. The molecule has 2 amide bonds. The zero-order valence-electron chi connectivity index (χ0n) is 19.0. The van der Waals surface area contributed by atoms with E-state index in [1.54, 1.807) is 12.3 Å². The van der Waals surface area contributed by atoms with Gasteiger partial charge in [-0.15, -0.1) is 0 Å². The molecule has 0 aromatic carbocycles. The second-order valence-electron chi connectivity index (χ2n) is 8.62. The Balaban J connectivity index is 1.44. The Kier molecular flexibility index (Phi) is 7.12. The Morgan fingerprint density at radius 1 is 1.32 bits per heavy atom. The van der Waals surface area contributed by atoms with Crippen molar-refractivity contribution in [1.29, 1.82) is 0 Å². The van der Waals surface area contributed by atoms with Gasteiger partial charge in [-0.2, -0.15) is 0 Å². The third-order valence-electron chi connectivity index (χ3n) is 6.20. The molecule has 0 bridgehead atoms. The number of rotatable bonds is 4. The molecule has 5 N–H and O–H groups in total. The quantitative estimate of drug-likeness (QED) is 0.516. The normalized spacial score (nSPS) is 19.3. The first-order valence-corrected chi connectivity index (χ1v) is 12.0. The lowest BCUT2D eigenvalue weighted by Crippen LogP contribution is -2.49. The number of pyridine rings is 1. The van der Waals surface area contributed by atoms with E-state index in [4.69, 9.17) is 27.8 Å². The largest absolute Gasteiger partial charge is 0.381 e. The Bertz CT molecular complexity index is 1090. The van der Waals surface area contributed by atoms with Gasteiger partial charge in [0.1, 0.15) is 10.8 Å². The predicted octanol–water partition coefficient (Wildman–Crippen LogP) is 1.23. The van der Waals surface area contributed by atoms with Gasteiger partial charge in [0.25, 0.3) is 0 Å². The Labute approximate surface area is 206 Å². The number of hydrogen-bond acceptors (Lipinski definition) is 10. The number of carbonyl (C=O) groups is 2. The van der Waals surface area contributed by atoms with Crippen LogP contribution in [-0.2, 0) is 14.3 Å². The number of nitrogens with zero attached hydrogens (tertiary/aromatic N) is 5. The van der Waals surface area contributed by atoms with Gasteiger partial charge >= 0.3 is 11.8 Å². The van der Waals surface area contributed by atoms with Crippen LogP contribution < -0.4 is 21.7 Å². The monoisotopic (exact) mass is 506 g/mol. The van der Waals surface area contributed by atoms with Crippen molar-refractivity contribution in [2.24, 2.45) is 11.1 Å². The van der Waals surface area contributed by atoms with Crippen LogP contribution in [0.3, 0.4) is 0 Å². The molecule has 1 atom stereocenters. The number of ether oxygens (including phenoxy) is 1. The Hall–Kier alpha value is -2.67. The highest BCUT2D eigenvalue weighted by Crippen LogP contribution is 2.40. The zero-order chi connectivity index (χ0) is 24.5. The number of hydrogen-bond donors (Lipinski definition) is 3. The minimum absolute atomic E-state index is 0.0492. The highest BCUT2D eigenvalue weighted by Gasteiger charge is 2.44. The molecule has 1 spiro atoms. The van der Waals surface area contributed by atoms with Crippen molar-refractivity contribution >= 4 is 52.6 Å². The smallest absolute Gasteiger partial charge is 0.315 e. The summed E-state index contributed by atoms with van der Waals surface area (Å²) in [6.45, 7) is 2.95. The molecule has 0 aliphatic carbocycles. The molecular formula is C21H27ClN8O3S. The number of nitrogens with two attached hydrogens (primary N) is 2. The van der Waals surface area contributed by atoms with Crippen molar-refractivity contribution in [3.8, 4) is 0 Å². The highest BCUT2D eigenvalue weighted by atomic mass is 35.5. The minimum Gasteiger partial charge on any atom is -0.381 e. The molecule has 2 saturated heterocycles. The van der Waals surface area contributed by atoms with E-state index in [-0.39, 0.29) is 28.1 Å². The van der Waals surface area contributed by atoms with Gasteiger partial charge < -0.3 is 31.3 Å². The second-order valence-corrected chi connectivity index (χ2v) is 10.0. The first kappa shape index (κ1) is 24.5. The van der Waals surface area contributed by atoms with Gasteiger partial charge in [-0.25, -0.2) is 15.0 Å². The van der Waals surface area contributed by atoms with Crippen molar-refractivity contribution in [1.82, 2.24) is 19.9 Å². The molecule has 2 fully saturated rings. The summed E-state index contributed by atoms with van der Waals surface area (Å²) < 4.78 is 5.59. The first-order valence-electron chi connectivity index (χ1n) is 10.8. The number of carbonyl (C=O) groups excluding carboxylic acids is 2. The molecule has 2 aromatic rings. The van der Waals surface area contributed by atoms with Crippen molar-refractivity contribution in [3.05, 3.63) is 23.5 Å². The molecule has 2 aliphatic rings. The van der Waals surface area contributed by atoms with Gasteiger partial charge in [0.05, 0.1) is 24.4 Å². The molecule has 2 aliphatic heterocycles. The fraction of sp³-hybridized carbons (Fsp3) is 0.476. The van der Waals surface area contributed by atoms with E-state index in [0.717, 1.165) is 30.8 Å². The molecule has 182 valence electrons. The second kappa shape index (κ2) is 9.90. The number of nitrogen functional groups attached to an aromatic ring is 1. The van der Waals surface area contributed by atoms with Gasteiger partial charge in [-0.1, -0.05) is 23.4 Å². The molecule has 0 saturated carbocycles.